The molecule has 1 saturated carbocycles. The minimum atomic E-state index is 0.707. The molecule has 0 spiro atoms. The Morgan fingerprint density at radius 3 is 3.00 bits per heavy atom. The molecule has 1 N–H and O–H groups in total. The third-order valence-corrected chi connectivity index (χ3v) is 4.72. The monoisotopic (exact) mass is 279 g/mol. The summed E-state index contributed by atoms with van der Waals surface area (Å²) >= 11 is 3.53. The Morgan fingerprint density at radius 2 is 2.33 bits per heavy atom. The Bertz CT molecular complexity index is 488. The van der Waals surface area contributed by atoms with Crippen LogP contribution in [-0.4, -0.2) is 18.1 Å². The molecular formula is C13H17N3S2. The SMILES string of the molecule is CNCc1csc(N(Cc2ccsc2)C2CC2)n1. The van der Waals surface area contributed by atoms with E-state index < -0.39 is 0 Å². The number of thiazole rings is 1. The van der Waals surface area contributed by atoms with Crippen LogP contribution in [0, 0.1) is 0 Å². The minimum Gasteiger partial charge on any atom is -0.341 e. The van der Waals surface area contributed by atoms with Gasteiger partial charge in [0, 0.05) is 24.5 Å². The van der Waals surface area contributed by atoms with Crippen LogP contribution in [0.15, 0.2) is 22.2 Å². The average Bonchev–Trinajstić information content (AvgIpc) is 2.89. The molecule has 0 amide bonds. The summed E-state index contributed by atoms with van der Waals surface area (Å²) in [4.78, 5) is 7.19. The molecule has 1 fully saturated rings. The zero-order valence-corrected chi connectivity index (χ0v) is 12.1. The summed E-state index contributed by atoms with van der Waals surface area (Å²) in [6.45, 7) is 1.86. The normalized spacial score (nSPS) is 14.9. The van der Waals surface area contributed by atoms with Crippen molar-refractivity contribution in [2.24, 2.45) is 0 Å². The van der Waals surface area contributed by atoms with Gasteiger partial charge in [-0.3, -0.25) is 0 Å². The first-order chi connectivity index (χ1) is 8.86. The molecule has 2 aromatic rings. The van der Waals surface area contributed by atoms with E-state index >= 15 is 0 Å². The molecule has 0 radical (unpaired) electrons. The van der Waals surface area contributed by atoms with Crippen LogP contribution in [0.5, 0.6) is 0 Å². The van der Waals surface area contributed by atoms with Crippen LogP contribution >= 0.6 is 22.7 Å². The van der Waals surface area contributed by atoms with Crippen LogP contribution < -0.4 is 10.2 Å². The Morgan fingerprint density at radius 1 is 1.44 bits per heavy atom. The third-order valence-electron chi connectivity index (χ3n) is 3.06. The van der Waals surface area contributed by atoms with Crippen LogP contribution in [0.1, 0.15) is 24.1 Å². The van der Waals surface area contributed by atoms with Gasteiger partial charge in [0.25, 0.3) is 0 Å². The van der Waals surface area contributed by atoms with Crippen molar-refractivity contribution in [3.05, 3.63) is 33.5 Å². The van der Waals surface area contributed by atoms with E-state index in [1.54, 1.807) is 22.7 Å². The fourth-order valence-electron chi connectivity index (χ4n) is 2.01. The van der Waals surface area contributed by atoms with Gasteiger partial charge in [0.2, 0.25) is 0 Å². The second-order valence-electron chi connectivity index (χ2n) is 4.64. The number of hydrogen-bond donors (Lipinski definition) is 1. The van der Waals surface area contributed by atoms with Gasteiger partial charge in [0.15, 0.2) is 5.13 Å². The Labute approximate surface area is 115 Å². The van der Waals surface area contributed by atoms with Crippen molar-refractivity contribution in [1.82, 2.24) is 10.3 Å². The summed E-state index contributed by atoms with van der Waals surface area (Å²) in [7, 11) is 1.96. The van der Waals surface area contributed by atoms with Gasteiger partial charge in [-0.1, -0.05) is 0 Å². The predicted octanol–water partition coefficient (Wildman–Crippen LogP) is 3.09. The van der Waals surface area contributed by atoms with Crippen molar-refractivity contribution in [2.75, 3.05) is 11.9 Å². The Kier molecular flexibility index (Phi) is 3.63. The second kappa shape index (κ2) is 5.38. The lowest BCUT2D eigenvalue weighted by atomic mass is 10.3. The lowest BCUT2D eigenvalue weighted by Gasteiger charge is -2.20. The number of rotatable bonds is 6. The van der Waals surface area contributed by atoms with E-state index in [-0.39, 0.29) is 0 Å². The number of nitrogens with one attached hydrogen (secondary N) is 1. The van der Waals surface area contributed by atoms with Crippen molar-refractivity contribution < 1.29 is 0 Å². The molecule has 0 aromatic carbocycles. The van der Waals surface area contributed by atoms with Gasteiger partial charge in [-0.15, -0.1) is 11.3 Å². The Hall–Kier alpha value is -0.910. The van der Waals surface area contributed by atoms with Gasteiger partial charge in [0.05, 0.1) is 5.69 Å². The zero-order valence-electron chi connectivity index (χ0n) is 10.4. The molecule has 3 rings (SSSR count). The van der Waals surface area contributed by atoms with Gasteiger partial charge in [-0.2, -0.15) is 11.3 Å². The number of nitrogens with zero attached hydrogens (tertiary/aromatic N) is 2. The molecule has 0 bridgehead atoms. The van der Waals surface area contributed by atoms with Gasteiger partial charge >= 0.3 is 0 Å². The molecule has 0 unspecified atom stereocenters. The maximum atomic E-state index is 4.73. The standard InChI is InChI=1S/C13H17N3S2/c1-14-6-11-9-18-13(15-11)16(12-2-3-12)7-10-4-5-17-8-10/h4-5,8-9,12,14H,2-3,6-7H2,1H3. The molecular weight excluding hydrogens is 262 g/mol. The van der Waals surface area contributed by atoms with Gasteiger partial charge < -0.3 is 10.2 Å². The second-order valence-corrected chi connectivity index (χ2v) is 6.26. The first kappa shape index (κ1) is 12.1. The van der Waals surface area contributed by atoms with E-state index in [1.807, 2.05) is 7.05 Å². The molecule has 2 heterocycles. The summed E-state index contributed by atoms with van der Waals surface area (Å²) in [5.74, 6) is 0. The topological polar surface area (TPSA) is 28.2 Å². The first-order valence-electron chi connectivity index (χ1n) is 6.23. The molecule has 5 heteroatoms. The third kappa shape index (κ3) is 2.74. The lowest BCUT2D eigenvalue weighted by Crippen LogP contribution is -2.24. The van der Waals surface area contributed by atoms with E-state index in [0.29, 0.717) is 6.04 Å². The highest BCUT2D eigenvalue weighted by Crippen LogP contribution is 2.35. The van der Waals surface area contributed by atoms with Crippen LogP contribution in [0.3, 0.4) is 0 Å². The maximum Gasteiger partial charge on any atom is 0.186 e. The zero-order chi connectivity index (χ0) is 12.4. The summed E-state index contributed by atoms with van der Waals surface area (Å²) in [5.41, 5.74) is 2.55. The van der Waals surface area contributed by atoms with Crippen molar-refractivity contribution >= 4 is 27.8 Å². The summed E-state index contributed by atoms with van der Waals surface area (Å²) in [6.07, 6.45) is 2.62. The molecule has 0 saturated heterocycles. The van der Waals surface area contributed by atoms with Gasteiger partial charge in [0.1, 0.15) is 0 Å². The number of aromatic nitrogens is 1. The maximum absolute atomic E-state index is 4.73. The van der Waals surface area contributed by atoms with Gasteiger partial charge in [-0.25, -0.2) is 4.98 Å². The van der Waals surface area contributed by atoms with Crippen LogP contribution in [-0.2, 0) is 13.1 Å². The minimum absolute atomic E-state index is 0.707. The van der Waals surface area contributed by atoms with E-state index in [0.717, 1.165) is 18.8 Å². The van der Waals surface area contributed by atoms with Crippen LogP contribution in [0.2, 0.25) is 0 Å². The number of thiophene rings is 1. The molecule has 0 atom stereocenters. The molecule has 3 nitrogen and oxygen atoms in total. The fourth-order valence-corrected chi connectivity index (χ4v) is 3.57. The Balaban J connectivity index is 1.76. The highest BCUT2D eigenvalue weighted by Gasteiger charge is 2.31. The highest BCUT2D eigenvalue weighted by molar-refractivity contribution is 7.13. The number of hydrogen-bond acceptors (Lipinski definition) is 5. The number of anilines is 1. The largest absolute Gasteiger partial charge is 0.341 e. The molecule has 18 heavy (non-hydrogen) atoms. The van der Waals surface area contributed by atoms with E-state index in [1.165, 1.54) is 23.5 Å². The molecule has 2 aromatic heterocycles. The molecule has 1 aliphatic rings. The van der Waals surface area contributed by atoms with Gasteiger partial charge in [-0.05, 0) is 42.3 Å². The molecule has 1 aliphatic carbocycles. The van der Waals surface area contributed by atoms with Crippen molar-refractivity contribution in [2.45, 2.75) is 32.0 Å². The van der Waals surface area contributed by atoms with Crippen molar-refractivity contribution in [3.8, 4) is 0 Å². The lowest BCUT2D eigenvalue weighted by molar-refractivity contribution is 0.768. The van der Waals surface area contributed by atoms with E-state index in [4.69, 9.17) is 4.98 Å². The first-order valence-corrected chi connectivity index (χ1v) is 8.06. The van der Waals surface area contributed by atoms with Crippen molar-refractivity contribution in [3.63, 3.8) is 0 Å². The fraction of sp³-hybridized carbons (Fsp3) is 0.462. The van der Waals surface area contributed by atoms with Crippen LogP contribution in [0.25, 0.3) is 0 Å². The summed E-state index contributed by atoms with van der Waals surface area (Å²) in [5, 5.41) is 10.9. The quantitative estimate of drug-likeness (QED) is 0.880. The van der Waals surface area contributed by atoms with Crippen molar-refractivity contribution in [1.29, 1.82) is 0 Å². The molecule has 96 valence electrons. The van der Waals surface area contributed by atoms with E-state index in [2.05, 4.69) is 32.4 Å². The van der Waals surface area contributed by atoms with Crippen LogP contribution in [0.4, 0.5) is 5.13 Å². The smallest absolute Gasteiger partial charge is 0.186 e. The van der Waals surface area contributed by atoms with E-state index in [9.17, 15) is 0 Å². The molecule has 0 aliphatic heterocycles. The average molecular weight is 279 g/mol. The summed E-state index contributed by atoms with van der Waals surface area (Å²) < 4.78 is 0. The predicted molar refractivity (Wildman–Crippen MR) is 78.4 cm³/mol. The highest BCUT2D eigenvalue weighted by atomic mass is 32.1. The summed E-state index contributed by atoms with van der Waals surface area (Å²) in [6, 6.07) is 2.92.